The Morgan fingerprint density at radius 3 is 2.45 bits per heavy atom. The molecule has 150 valence electrons. The number of nitrogens with one attached hydrogen (secondary N) is 2. The number of hydrogen-bond donors (Lipinski definition) is 2. The lowest BCUT2D eigenvalue weighted by Gasteiger charge is -2.13. The number of aryl methyl sites for hydroxylation is 2. The van der Waals surface area contributed by atoms with Crippen LogP contribution in [0.4, 0.5) is 11.5 Å². The number of hydrogen-bond acceptors (Lipinski definition) is 5. The van der Waals surface area contributed by atoms with Gasteiger partial charge in [-0.15, -0.1) is 0 Å². The number of aromatic nitrogens is 2. The van der Waals surface area contributed by atoms with E-state index in [2.05, 4.69) is 33.6 Å². The van der Waals surface area contributed by atoms with E-state index in [0.717, 1.165) is 23.4 Å². The highest BCUT2D eigenvalue weighted by molar-refractivity contribution is 5.93. The summed E-state index contributed by atoms with van der Waals surface area (Å²) in [4.78, 5) is 23.8. The second-order valence-electron chi connectivity index (χ2n) is 7.33. The van der Waals surface area contributed by atoms with E-state index in [-0.39, 0.29) is 5.91 Å². The third kappa shape index (κ3) is 5.62. The van der Waals surface area contributed by atoms with Gasteiger partial charge in [-0.05, 0) is 39.6 Å². The highest BCUT2D eigenvalue weighted by Gasteiger charge is 2.13. The van der Waals surface area contributed by atoms with Crippen molar-refractivity contribution in [2.75, 3.05) is 32.5 Å². The average Bonchev–Trinajstić information content (AvgIpc) is 2.70. The van der Waals surface area contributed by atoms with Gasteiger partial charge in [0.25, 0.3) is 5.91 Å². The van der Waals surface area contributed by atoms with Gasteiger partial charge in [-0.3, -0.25) is 4.79 Å². The van der Waals surface area contributed by atoms with Gasteiger partial charge in [0.05, 0.1) is 0 Å². The largest absolute Gasteiger partial charge is 0.349 e. The lowest BCUT2D eigenvalue weighted by molar-refractivity contribution is 0.0946. The monoisotopic (exact) mass is 389 g/mol. The topological polar surface area (TPSA) is 70.2 Å². The highest BCUT2D eigenvalue weighted by Crippen LogP contribution is 2.23. The van der Waals surface area contributed by atoms with E-state index in [1.807, 2.05) is 68.4 Å². The van der Waals surface area contributed by atoms with E-state index in [1.54, 1.807) is 6.07 Å². The van der Waals surface area contributed by atoms with Gasteiger partial charge in [-0.25, -0.2) is 9.97 Å². The molecule has 0 aliphatic heterocycles. The Hall–Kier alpha value is -3.25. The summed E-state index contributed by atoms with van der Waals surface area (Å²) >= 11 is 0. The van der Waals surface area contributed by atoms with Crippen LogP contribution in [-0.4, -0.2) is 48.0 Å². The third-order valence-corrected chi connectivity index (χ3v) is 4.48. The number of rotatable bonds is 7. The summed E-state index contributed by atoms with van der Waals surface area (Å²) in [5, 5.41) is 6.26. The van der Waals surface area contributed by atoms with Gasteiger partial charge >= 0.3 is 0 Å². The van der Waals surface area contributed by atoms with Gasteiger partial charge in [0.2, 0.25) is 0 Å². The number of benzene rings is 2. The van der Waals surface area contributed by atoms with Crippen LogP contribution in [0.1, 0.15) is 21.6 Å². The fourth-order valence-electron chi connectivity index (χ4n) is 2.92. The number of nitrogens with zero attached hydrogens (tertiary/aromatic N) is 3. The number of likely N-dealkylation sites (N-methyl/N-ethyl adjacent to an activating group) is 1. The molecule has 2 aromatic carbocycles. The van der Waals surface area contributed by atoms with Gasteiger partial charge in [0, 0.05) is 30.4 Å². The molecule has 0 unspecified atom stereocenters. The molecule has 3 rings (SSSR count). The van der Waals surface area contributed by atoms with Crippen LogP contribution in [0.25, 0.3) is 11.4 Å². The molecule has 0 atom stereocenters. The second kappa shape index (κ2) is 9.30. The molecule has 1 heterocycles. The zero-order valence-electron chi connectivity index (χ0n) is 17.4. The number of carbonyl (C=O) groups excluding carboxylic acids is 1. The molecular formula is C23H27N5O. The van der Waals surface area contributed by atoms with Crippen molar-refractivity contribution in [2.45, 2.75) is 13.8 Å². The van der Waals surface area contributed by atoms with E-state index in [1.165, 1.54) is 5.56 Å². The molecule has 1 aromatic heterocycles. The molecule has 1 amide bonds. The molecule has 0 bridgehead atoms. The first-order valence-corrected chi connectivity index (χ1v) is 9.64. The van der Waals surface area contributed by atoms with Crippen LogP contribution in [-0.2, 0) is 0 Å². The zero-order chi connectivity index (χ0) is 20.8. The van der Waals surface area contributed by atoms with Gasteiger partial charge in [0.15, 0.2) is 5.82 Å². The van der Waals surface area contributed by atoms with Crippen molar-refractivity contribution in [2.24, 2.45) is 0 Å². The lowest BCUT2D eigenvalue weighted by Crippen LogP contribution is -2.32. The van der Waals surface area contributed by atoms with Gasteiger partial charge < -0.3 is 15.5 Å². The van der Waals surface area contributed by atoms with Crippen LogP contribution < -0.4 is 10.6 Å². The smallest absolute Gasteiger partial charge is 0.270 e. The van der Waals surface area contributed by atoms with Crippen molar-refractivity contribution in [3.05, 3.63) is 71.4 Å². The molecule has 0 spiro atoms. The van der Waals surface area contributed by atoms with Gasteiger partial charge in [0.1, 0.15) is 11.5 Å². The number of amides is 1. The maximum atomic E-state index is 12.7. The lowest BCUT2D eigenvalue weighted by atomic mass is 10.1. The first-order chi connectivity index (χ1) is 13.9. The maximum Gasteiger partial charge on any atom is 0.270 e. The molecule has 0 aliphatic carbocycles. The summed E-state index contributed by atoms with van der Waals surface area (Å²) in [5.41, 5.74) is 4.46. The minimum Gasteiger partial charge on any atom is -0.349 e. The fraction of sp³-hybridized carbons (Fsp3) is 0.261. The van der Waals surface area contributed by atoms with Crippen molar-refractivity contribution in [3.8, 4) is 11.4 Å². The van der Waals surface area contributed by atoms with Crippen molar-refractivity contribution >= 4 is 17.4 Å². The molecule has 6 nitrogen and oxygen atoms in total. The number of anilines is 2. The van der Waals surface area contributed by atoms with E-state index in [0.29, 0.717) is 23.9 Å². The molecule has 6 heteroatoms. The first-order valence-electron chi connectivity index (χ1n) is 9.64. The standard InChI is InChI=1S/C23H27N5O/c1-16-10-11-19(17(2)14-16)25-21-15-20(23(29)24-12-13-28(3)4)26-22(27-21)18-8-6-5-7-9-18/h5-11,14-15H,12-13H2,1-4H3,(H,24,29)(H,25,26,27). The predicted molar refractivity (Wildman–Crippen MR) is 118 cm³/mol. The van der Waals surface area contributed by atoms with Crippen molar-refractivity contribution in [3.63, 3.8) is 0 Å². The van der Waals surface area contributed by atoms with Crippen molar-refractivity contribution < 1.29 is 4.79 Å². The summed E-state index contributed by atoms with van der Waals surface area (Å²) in [5.74, 6) is 0.886. The molecule has 0 aliphatic rings. The Morgan fingerprint density at radius 2 is 1.76 bits per heavy atom. The summed E-state index contributed by atoms with van der Waals surface area (Å²) in [6.07, 6.45) is 0. The van der Waals surface area contributed by atoms with Crippen LogP contribution in [0.5, 0.6) is 0 Å². The third-order valence-electron chi connectivity index (χ3n) is 4.48. The van der Waals surface area contributed by atoms with Crippen LogP contribution in [0.3, 0.4) is 0 Å². The molecule has 0 radical (unpaired) electrons. The Morgan fingerprint density at radius 1 is 1.00 bits per heavy atom. The Bertz CT molecular complexity index is 986. The Labute approximate surface area is 172 Å². The molecule has 0 fully saturated rings. The summed E-state index contributed by atoms with van der Waals surface area (Å²) in [7, 11) is 3.94. The van der Waals surface area contributed by atoms with E-state index in [9.17, 15) is 4.79 Å². The normalized spacial score (nSPS) is 10.8. The molecule has 0 saturated carbocycles. The first kappa shape index (κ1) is 20.5. The van der Waals surface area contributed by atoms with Crippen LogP contribution in [0.2, 0.25) is 0 Å². The van der Waals surface area contributed by atoms with Crippen molar-refractivity contribution in [1.29, 1.82) is 0 Å². The Kier molecular flexibility index (Phi) is 6.57. The van der Waals surface area contributed by atoms with Gasteiger partial charge in [-0.2, -0.15) is 0 Å². The van der Waals surface area contributed by atoms with Crippen LogP contribution in [0.15, 0.2) is 54.6 Å². The zero-order valence-corrected chi connectivity index (χ0v) is 17.4. The minimum atomic E-state index is -0.213. The van der Waals surface area contributed by atoms with E-state index >= 15 is 0 Å². The van der Waals surface area contributed by atoms with Gasteiger partial charge in [-0.1, -0.05) is 48.0 Å². The maximum absolute atomic E-state index is 12.7. The molecule has 2 N–H and O–H groups in total. The molecule has 3 aromatic rings. The minimum absolute atomic E-state index is 0.213. The number of carbonyl (C=O) groups is 1. The fourth-order valence-corrected chi connectivity index (χ4v) is 2.92. The summed E-state index contributed by atoms with van der Waals surface area (Å²) in [6.45, 7) is 5.42. The van der Waals surface area contributed by atoms with Crippen LogP contribution in [0, 0.1) is 13.8 Å². The quantitative estimate of drug-likeness (QED) is 0.643. The van der Waals surface area contributed by atoms with E-state index in [4.69, 9.17) is 0 Å². The molecular weight excluding hydrogens is 362 g/mol. The summed E-state index contributed by atoms with van der Waals surface area (Å²) < 4.78 is 0. The average molecular weight is 390 g/mol. The SMILES string of the molecule is Cc1ccc(Nc2cc(C(=O)NCCN(C)C)nc(-c3ccccc3)n2)c(C)c1. The molecule has 0 saturated heterocycles. The second-order valence-corrected chi connectivity index (χ2v) is 7.33. The highest BCUT2D eigenvalue weighted by atomic mass is 16.1. The predicted octanol–water partition coefficient (Wildman–Crippen LogP) is 3.80. The Balaban J connectivity index is 1.93. The van der Waals surface area contributed by atoms with E-state index < -0.39 is 0 Å². The van der Waals surface area contributed by atoms with Crippen molar-refractivity contribution in [1.82, 2.24) is 20.2 Å². The van der Waals surface area contributed by atoms with Crippen LogP contribution >= 0.6 is 0 Å². The molecule has 29 heavy (non-hydrogen) atoms. The summed E-state index contributed by atoms with van der Waals surface area (Å²) in [6, 6.07) is 17.5.